The Labute approximate surface area is 124 Å². The molecule has 2 N–H and O–H groups in total. The van der Waals surface area contributed by atoms with Crippen molar-refractivity contribution in [3.05, 3.63) is 47.8 Å². The highest BCUT2D eigenvalue weighted by atomic mass is 16.5. The van der Waals surface area contributed by atoms with E-state index >= 15 is 0 Å². The van der Waals surface area contributed by atoms with Gasteiger partial charge in [-0.25, -0.2) is 0 Å². The molecule has 5 nitrogen and oxygen atoms in total. The lowest BCUT2D eigenvalue weighted by molar-refractivity contribution is -0.146. The Morgan fingerprint density at radius 1 is 1.33 bits per heavy atom. The second-order valence-corrected chi connectivity index (χ2v) is 5.38. The first kappa shape index (κ1) is 15.1. The Kier molecular flexibility index (Phi) is 4.62. The number of esters is 1. The van der Waals surface area contributed by atoms with Crippen LogP contribution in [0.2, 0.25) is 0 Å². The van der Waals surface area contributed by atoms with Crippen molar-refractivity contribution in [2.75, 3.05) is 5.73 Å². The van der Waals surface area contributed by atoms with E-state index in [9.17, 15) is 4.79 Å². The van der Waals surface area contributed by atoms with Crippen LogP contribution < -0.4 is 5.73 Å². The van der Waals surface area contributed by atoms with Gasteiger partial charge in [0, 0.05) is 17.9 Å². The van der Waals surface area contributed by atoms with Gasteiger partial charge in [0.2, 0.25) is 0 Å². The Hall–Kier alpha value is -2.30. The molecule has 2 rings (SSSR count). The van der Waals surface area contributed by atoms with Crippen LogP contribution in [0.4, 0.5) is 5.69 Å². The molecule has 1 heterocycles. The molecule has 1 aromatic carbocycles. The van der Waals surface area contributed by atoms with Crippen molar-refractivity contribution in [3.63, 3.8) is 0 Å². The zero-order valence-corrected chi connectivity index (χ0v) is 12.6. The Bertz CT molecular complexity index is 619. The molecule has 5 heteroatoms. The standard InChI is InChI=1S/C16H21N3O2/c1-11(2)19-8-7-15(18-19)10-21-16(20)12(3)13-5-4-6-14(17)9-13/h4-9,11-12H,10,17H2,1-3H3. The molecule has 0 aliphatic rings. The molecule has 0 aliphatic heterocycles. The number of benzene rings is 1. The molecular weight excluding hydrogens is 266 g/mol. The van der Waals surface area contributed by atoms with Crippen LogP contribution in [0.25, 0.3) is 0 Å². The van der Waals surface area contributed by atoms with Crippen molar-refractivity contribution in [3.8, 4) is 0 Å². The van der Waals surface area contributed by atoms with Gasteiger partial charge in [-0.15, -0.1) is 0 Å². The summed E-state index contributed by atoms with van der Waals surface area (Å²) in [5.74, 6) is -0.625. The number of carbonyl (C=O) groups is 1. The van der Waals surface area contributed by atoms with Crippen molar-refractivity contribution in [2.24, 2.45) is 0 Å². The predicted octanol–water partition coefficient (Wildman–Crippen LogP) is 2.89. The molecule has 1 atom stereocenters. The number of nitrogens with zero attached hydrogens (tertiary/aromatic N) is 2. The molecule has 0 fully saturated rings. The minimum Gasteiger partial charge on any atom is -0.459 e. The molecule has 21 heavy (non-hydrogen) atoms. The number of hydrogen-bond donors (Lipinski definition) is 1. The SMILES string of the molecule is CC(C(=O)OCc1ccn(C(C)C)n1)c1cccc(N)c1. The smallest absolute Gasteiger partial charge is 0.313 e. The molecule has 0 saturated carbocycles. The zero-order valence-electron chi connectivity index (χ0n) is 12.6. The summed E-state index contributed by atoms with van der Waals surface area (Å²) in [6.07, 6.45) is 1.88. The minimum absolute atomic E-state index is 0.186. The quantitative estimate of drug-likeness (QED) is 0.678. The van der Waals surface area contributed by atoms with Crippen LogP contribution in [-0.4, -0.2) is 15.7 Å². The topological polar surface area (TPSA) is 70.1 Å². The van der Waals surface area contributed by atoms with Crippen LogP contribution in [0.5, 0.6) is 0 Å². The van der Waals surface area contributed by atoms with Crippen molar-refractivity contribution in [1.82, 2.24) is 9.78 Å². The molecule has 112 valence electrons. The summed E-state index contributed by atoms with van der Waals surface area (Å²) >= 11 is 0. The van der Waals surface area contributed by atoms with Gasteiger partial charge in [0.25, 0.3) is 0 Å². The molecule has 2 aromatic rings. The maximum atomic E-state index is 12.1. The third-order valence-electron chi connectivity index (χ3n) is 3.32. The first-order chi connectivity index (χ1) is 9.97. The first-order valence-electron chi connectivity index (χ1n) is 7.03. The molecular formula is C16H21N3O2. The number of ether oxygens (including phenoxy) is 1. The summed E-state index contributed by atoms with van der Waals surface area (Å²) in [6.45, 7) is 6.09. The monoisotopic (exact) mass is 287 g/mol. The van der Waals surface area contributed by atoms with Gasteiger partial charge >= 0.3 is 5.97 Å². The van der Waals surface area contributed by atoms with Gasteiger partial charge in [0.1, 0.15) is 6.61 Å². The molecule has 0 saturated heterocycles. The summed E-state index contributed by atoms with van der Waals surface area (Å²) in [5, 5.41) is 4.35. The van der Waals surface area contributed by atoms with Gasteiger partial charge in [-0.05, 0) is 44.5 Å². The van der Waals surface area contributed by atoms with E-state index in [1.54, 1.807) is 12.1 Å². The van der Waals surface area contributed by atoms with E-state index < -0.39 is 0 Å². The van der Waals surface area contributed by atoms with Crippen molar-refractivity contribution in [2.45, 2.75) is 39.3 Å². The first-order valence-corrected chi connectivity index (χ1v) is 7.03. The number of hydrogen-bond acceptors (Lipinski definition) is 4. The maximum absolute atomic E-state index is 12.1. The average Bonchev–Trinajstić information content (AvgIpc) is 2.93. The minimum atomic E-state index is -0.347. The third kappa shape index (κ3) is 3.84. The van der Waals surface area contributed by atoms with Crippen LogP contribution >= 0.6 is 0 Å². The lowest BCUT2D eigenvalue weighted by Gasteiger charge is -2.11. The van der Waals surface area contributed by atoms with E-state index in [0.717, 1.165) is 11.3 Å². The lowest BCUT2D eigenvalue weighted by atomic mass is 10.0. The summed E-state index contributed by atoms with van der Waals surface area (Å²) < 4.78 is 7.16. The summed E-state index contributed by atoms with van der Waals surface area (Å²) in [4.78, 5) is 12.1. The summed E-state index contributed by atoms with van der Waals surface area (Å²) in [5.41, 5.74) is 7.97. The normalized spacial score (nSPS) is 12.4. The maximum Gasteiger partial charge on any atom is 0.313 e. The van der Waals surface area contributed by atoms with E-state index in [-0.39, 0.29) is 18.5 Å². The van der Waals surface area contributed by atoms with Crippen molar-refractivity contribution < 1.29 is 9.53 Å². The Morgan fingerprint density at radius 3 is 2.71 bits per heavy atom. The molecule has 0 spiro atoms. The van der Waals surface area contributed by atoms with Gasteiger partial charge in [0.05, 0.1) is 11.6 Å². The van der Waals surface area contributed by atoms with Crippen LogP contribution in [0.1, 0.15) is 44.0 Å². The predicted molar refractivity (Wildman–Crippen MR) is 81.7 cm³/mol. The number of nitrogens with two attached hydrogens (primary N) is 1. The second-order valence-electron chi connectivity index (χ2n) is 5.38. The van der Waals surface area contributed by atoms with Gasteiger partial charge in [-0.2, -0.15) is 5.10 Å². The second kappa shape index (κ2) is 6.43. The molecule has 0 amide bonds. The Balaban J connectivity index is 1.94. The molecule has 1 unspecified atom stereocenters. The van der Waals surface area contributed by atoms with Crippen LogP contribution in [0.15, 0.2) is 36.5 Å². The van der Waals surface area contributed by atoms with Crippen LogP contribution in [-0.2, 0) is 16.1 Å². The number of rotatable bonds is 5. The summed E-state index contributed by atoms with van der Waals surface area (Å²) in [7, 11) is 0. The molecule has 0 bridgehead atoms. The van der Waals surface area contributed by atoms with E-state index in [2.05, 4.69) is 5.10 Å². The van der Waals surface area contributed by atoms with Crippen molar-refractivity contribution >= 4 is 11.7 Å². The molecule has 0 aliphatic carbocycles. The van der Waals surface area contributed by atoms with E-state index in [0.29, 0.717) is 11.7 Å². The van der Waals surface area contributed by atoms with E-state index in [4.69, 9.17) is 10.5 Å². The fourth-order valence-corrected chi connectivity index (χ4v) is 1.98. The molecule has 0 radical (unpaired) electrons. The fraction of sp³-hybridized carbons (Fsp3) is 0.375. The fourth-order valence-electron chi connectivity index (χ4n) is 1.98. The highest BCUT2D eigenvalue weighted by molar-refractivity contribution is 5.78. The lowest BCUT2D eigenvalue weighted by Crippen LogP contribution is -2.13. The van der Waals surface area contributed by atoms with Crippen LogP contribution in [0, 0.1) is 0 Å². The van der Waals surface area contributed by atoms with Gasteiger partial charge < -0.3 is 10.5 Å². The number of carbonyl (C=O) groups excluding carboxylic acids is 1. The van der Waals surface area contributed by atoms with E-state index in [1.165, 1.54) is 0 Å². The average molecular weight is 287 g/mol. The largest absolute Gasteiger partial charge is 0.459 e. The molecule has 1 aromatic heterocycles. The van der Waals surface area contributed by atoms with Crippen LogP contribution in [0.3, 0.4) is 0 Å². The third-order valence-corrected chi connectivity index (χ3v) is 3.32. The van der Waals surface area contributed by atoms with E-state index in [1.807, 2.05) is 49.8 Å². The van der Waals surface area contributed by atoms with Gasteiger partial charge in [-0.3, -0.25) is 9.48 Å². The highest BCUT2D eigenvalue weighted by Crippen LogP contribution is 2.19. The Morgan fingerprint density at radius 2 is 2.10 bits per heavy atom. The number of anilines is 1. The number of aromatic nitrogens is 2. The zero-order chi connectivity index (χ0) is 15.4. The van der Waals surface area contributed by atoms with Gasteiger partial charge in [0.15, 0.2) is 0 Å². The van der Waals surface area contributed by atoms with Crippen molar-refractivity contribution in [1.29, 1.82) is 0 Å². The van der Waals surface area contributed by atoms with Gasteiger partial charge in [-0.1, -0.05) is 12.1 Å². The summed E-state index contributed by atoms with van der Waals surface area (Å²) in [6, 6.07) is 9.44. The highest BCUT2D eigenvalue weighted by Gasteiger charge is 2.17. The number of nitrogen functional groups attached to an aromatic ring is 1.